The van der Waals surface area contributed by atoms with Crippen LogP contribution in [-0.4, -0.2) is 20.4 Å². The third-order valence-corrected chi connectivity index (χ3v) is 13.5. The van der Waals surface area contributed by atoms with E-state index in [4.69, 9.17) is 0 Å². The largest absolute Gasteiger partial charge is 0.309 e. The number of nitrogens with zero attached hydrogens (tertiary/aromatic N) is 3. The second kappa shape index (κ2) is 14.0. The van der Waals surface area contributed by atoms with E-state index in [1.54, 1.807) is 0 Å². The molecule has 0 amide bonds. The van der Waals surface area contributed by atoms with Gasteiger partial charge in [0.15, 0.2) is 0 Å². The number of para-hydroxylation sites is 6. The van der Waals surface area contributed by atoms with Crippen LogP contribution in [0.25, 0.3) is 82.5 Å². The standard InChI is InChI=1S/C58H44BN3/c1-37-33-41(60-52-23-11-5-17-44(52)45-18-6-12-24-53(45)60)29-31-50(37)59(51-32-30-42(34-38(51)2)61-54-25-13-7-19-46(54)47-20-8-14-26-55(47)61)58-39(3)35-43(36-40(58)4)62-56-27-15-9-21-48(56)49-22-10-16-28-57(49)62/h5-36H,1-4H3. The molecule has 3 heterocycles. The van der Waals surface area contributed by atoms with E-state index in [1.807, 2.05) is 0 Å². The second-order valence-corrected chi connectivity index (χ2v) is 17.1. The summed E-state index contributed by atoms with van der Waals surface area (Å²) in [5.41, 5.74) is 20.0. The lowest BCUT2D eigenvalue weighted by atomic mass is 9.34. The normalized spacial score (nSPS) is 11.9. The molecule has 0 saturated carbocycles. The van der Waals surface area contributed by atoms with Crippen molar-refractivity contribution in [1.82, 2.24) is 13.7 Å². The minimum Gasteiger partial charge on any atom is -0.309 e. The SMILES string of the molecule is Cc1cc(-n2c3ccccc3c3ccccc32)ccc1B(c1ccc(-n2c3ccccc3c3ccccc32)cc1C)c1c(C)cc(-n2c3ccccc3c3ccccc32)cc1C. The first-order valence-electron chi connectivity index (χ1n) is 21.7. The van der Waals surface area contributed by atoms with Crippen LogP contribution >= 0.6 is 0 Å². The molecule has 0 saturated heterocycles. The lowest BCUT2D eigenvalue weighted by Gasteiger charge is -2.25. The van der Waals surface area contributed by atoms with Crippen molar-refractivity contribution < 1.29 is 0 Å². The number of rotatable bonds is 6. The lowest BCUT2D eigenvalue weighted by Crippen LogP contribution is -2.55. The molecule has 0 aliphatic carbocycles. The molecule has 0 spiro atoms. The highest BCUT2D eigenvalue weighted by Crippen LogP contribution is 2.35. The van der Waals surface area contributed by atoms with Gasteiger partial charge < -0.3 is 13.7 Å². The summed E-state index contributed by atoms with van der Waals surface area (Å²) in [5, 5.41) is 7.65. The van der Waals surface area contributed by atoms with E-state index in [9.17, 15) is 0 Å². The van der Waals surface area contributed by atoms with Gasteiger partial charge in [0.2, 0.25) is 6.71 Å². The maximum atomic E-state index is 2.45. The quantitative estimate of drug-likeness (QED) is 0.149. The summed E-state index contributed by atoms with van der Waals surface area (Å²) in [4.78, 5) is 0. The van der Waals surface area contributed by atoms with Crippen molar-refractivity contribution in [1.29, 1.82) is 0 Å². The topological polar surface area (TPSA) is 14.8 Å². The molecule has 4 heteroatoms. The van der Waals surface area contributed by atoms with Gasteiger partial charge >= 0.3 is 0 Å². The Morgan fingerprint density at radius 3 is 0.823 bits per heavy atom. The zero-order valence-corrected chi connectivity index (χ0v) is 35.4. The molecule has 0 aliphatic rings. The van der Waals surface area contributed by atoms with Gasteiger partial charge in [0.1, 0.15) is 0 Å². The molecule has 9 aromatic carbocycles. The smallest absolute Gasteiger partial charge is 0.242 e. The van der Waals surface area contributed by atoms with Gasteiger partial charge in [-0.15, -0.1) is 0 Å². The van der Waals surface area contributed by atoms with E-state index >= 15 is 0 Å². The average molecular weight is 794 g/mol. The maximum Gasteiger partial charge on any atom is 0.242 e. The Kier molecular flexibility index (Phi) is 8.20. The van der Waals surface area contributed by atoms with Crippen molar-refractivity contribution in [3.63, 3.8) is 0 Å². The molecule has 0 unspecified atom stereocenters. The number of hydrogen-bond acceptors (Lipinski definition) is 0. The van der Waals surface area contributed by atoms with Gasteiger partial charge in [-0.05, 0) is 100 Å². The summed E-state index contributed by atoms with van der Waals surface area (Å²) >= 11 is 0. The third kappa shape index (κ3) is 5.39. The molecule has 12 aromatic rings. The molecule has 0 N–H and O–H groups in total. The highest BCUT2D eigenvalue weighted by atomic mass is 15.0. The first-order chi connectivity index (χ1) is 30.4. The fourth-order valence-corrected chi connectivity index (χ4v) is 10.9. The van der Waals surface area contributed by atoms with Crippen LogP contribution in [0.1, 0.15) is 22.3 Å². The second-order valence-electron chi connectivity index (χ2n) is 17.1. The van der Waals surface area contributed by atoms with Crippen LogP contribution in [0.4, 0.5) is 0 Å². The molecule has 0 aliphatic heterocycles. The average Bonchev–Trinajstić information content (AvgIpc) is 3.94. The molecule has 0 bridgehead atoms. The predicted molar refractivity (Wildman–Crippen MR) is 266 cm³/mol. The van der Waals surface area contributed by atoms with Gasteiger partial charge in [-0.1, -0.05) is 160 Å². The molecule has 3 aromatic heterocycles. The number of hydrogen-bond donors (Lipinski definition) is 0. The summed E-state index contributed by atoms with van der Waals surface area (Å²) in [6.45, 7) is 9.24. The van der Waals surface area contributed by atoms with Crippen molar-refractivity contribution in [3.8, 4) is 17.1 Å². The summed E-state index contributed by atoms with van der Waals surface area (Å²) < 4.78 is 7.31. The van der Waals surface area contributed by atoms with Gasteiger partial charge in [-0.25, -0.2) is 0 Å². The zero-order valence-electron chi connectivity index (χ0n) is 35.4. The Balaban J connectivity index is 1.06. The van der Waals surface area contributed by atoms with Crippen molar-refractivity contribution in [2.75, 3.05) is 0 Å². The van der Waals surface area contributed by atoms with Crippen molar-refractivity contribution in [3.05, 3.63) is 216 Å². The van der Waals surface area contributed by atoms with Crippen molar-refractivity contribution in [2.24, 2.45) is 0 Å². The summed E-state index contributed by atoms with van der Waals surface area (Å²) in [7, 11) is 0. The molecule has 0 radical (unpaired) electrons. The molecule has 62 heavy (non-hydrogen) atoms. The monoisotopic (exact) mass is 793 g/mol. The van der Waals surface area contributed by atoms with Gasteiger partial charge in [0, 0.05) is 49.4 Å². The van der Waals surface area contributed by atoms with Crippen LogP contribution in [0.2, 0.25) is 0 Å². The van der Waals surface area contributed by atoms with E-state index in [1.165, 1.54) is 121 Å². The van der Waals surface area contributed by atoms with Gasteiger partial charge in [-0.3, -0.25) is 0 Å². The number of aromatic nitrogens is 3. The highest BCUT2D eigenvalue weighted by Gasteiger charge is 2.30. The van der Waals surface area contributed by atoms with Crippen LogP contribution in [-0.2, 0) is 0 Å². The van der Waals surface area contributed by atoms with Crippen LogP contribution in [0, 0.1) is 27.7 Å². The first kappa shape index (κ1) is 36.3. The Morgan fingerprint density at radius 2 is 0.532 bits per heavy atom. The van der Waals surface area contributed by atoms with Crippen LogP contribution < -0.4 is 16.4 Å². The van der Waals surface area contributed by atoms with E-state index in [0.29, 0.717) is 0 Å². The summed E-state index contributed by atoms with van der Waals surface area (Å²) in [6.07, 6.45) is 0. The molecule has 0 fully saturated rings. The Labute approximate surface area is 361 Å². The van der Waals surface area contributed by atoms with Crippen molar-refractivity contribution in [2.45, 2.75) is 27.7 Å². The summed E-state index contributed by atoms with van der Waals surface area (Å²) in [5.74, 6) is 0. The number of benzene rings is 9. The van der Waals surface area contributed by atoms with Gasteiger partial charge in [0.05, 0.1) is 33.1 Å². The molecular formula is C58H44BN3. The van der Waals surface area contributed by atoms with Gasteiger partial charge in [-0.2, -0.15) is 0 Å². The van der Waals surface area contributed by atoms with E-state index < -0.39 is 0 Å². The number of fused-ring (bicyclic) bond motifs is 9. The molecular weight excluding hydrogens is 749 g/mol. The lowest BCUT2D eigenvalue weighted by molar-refractivity contribution is 1.16. The van der Waals surface area contributed by atoms with Crippen LogP contribution in [0.3, 0.4) is 0 Å². The third-order valence-electron chi connectivity index (χ3n) is 13.5. The Morgan fingerprint density at radius 1 is 0.274 bits per heavy atom. The predicted octanol–water partition coefficient (Wildman–Crippen LogP) is 12.7. The van der Waals surface area contributed by atoms with E-state index in [0.717, 1.165) is 0 Å². The molecule has 294 valence electrons. The van der Waals surface area contributed by atoms with Crippen LogP contribution in [0.5, 0.6) is 0 Å². The van der Waals surface area contributed by atoms with Gasteiger partial charge in [0.25, 0.3) is 0 Å². The van der Waals surface area contributed by atoms with E-state index in [-0.39, 0.29) is 6.71 Å². The Bertz CT molecular complexity index is 3420. The first-order valence-corrected chi connectivity index (χ1v) is 21.7. The molecule has 3 nitrogen and oxygen atoms in total. The molecule has 12 rings (SSSR count). The zero-order chi connectivity index (χ0) is 41.6. The maximum absolute atomic E-state index is 2.45. The van der Waals surface area contributed by atoms with E-state index in [2.05, 4.69) is 236 Å². The fourth-order valence-electron chi connectivity index (χ4n) is 10.9. The summed E-state index contributed by atoms with van der Waals surface area (Å²) in [6, 6.07) is 71.8. The highest BCUT2D eigenvalue weighted by molar-refractivity contribution is 6.96. The Hall–Kier alpha value is -7.56. The van der Waals surface area contributed by atoms with Crippen molar-refractivity contribution >= 4 is 88.5 Å². The molecule has 0 atom stereocenters. The number of aryl methyl sites for hydroxylation is 4. The fraction of sp³-hybridized carbons (Fsp3) is 0.0690. The minimum atomic E-state index is 0.00148. The van der Waals surface area contributed by atoms with Crippen LogP contribution in [0.15, 0.2) is 194 Å². The minimum absolute atomic E-state index is 0.00148.